The number of alkyl halides is 3. The highest BCUT2D eigenvalue weighted by Crippen LogP contribution is 2.35. The molecule has 0 atom stereocenters. The van der Waals surface area contributed by atoms with Gasteiger partial charge in [0.25, 0.3) is 0 Å². The molecule has 0 unspecified atom stereocenters. The third kappa shape index (κ3) is 2.03. The first-order valence-electron chi connectivity index (χ1n) is 4.42. The molecule has 0 fully saturated rings. The van der Waals surface area contributed by atoms with Crippen LogP contribution in [0.25, 0.3) is 10.8 Å². The van der Waals surface area contributed by atoms with Crippen molar-refractivity contribution in [2.45, 2.75) is 6.36 Å². The van der Waals surface area contributed by atoms with Crippen molar-refractivity contribution in [2.24, 2.45) is 0 Å². The van der Waals surface area contributed by atoms with Gasteiger partial charge in [0.2, 0.25) is 0 Å². The Labute approximate surface area is 88.9 Å². The van der Waals surface area contributed by atoms with Crippen LogP contribution in [0.1, 0.15) is 0 Å². The highest BCUT2D eigenvalue weighted by molar-refractivity contribution is 5.89. The number of benzene rings is 2. The summed E-state index contributed by atoms with van der Waals surface area (Å²) in [6.45, 7) is 0. The molecule has 2 rings (SSSR count). The Hall–Kier alpha value is -1.91. The van der Waals surface area contributed by atoms with Gasteiger partial charge in [-0.2, -0.15) is 0 Å². The van der Waals surface area contributed by atoms with E-state index in [0.717, 1.165) is 6.07 Å². The van der Waals surface area contributed by atoms with Crippen molar-refractivity contribution in [3.63, 3.8) is 0 Å². The highest BCUT2D eigenvalue weighted by Gasteiger charge is 2.31. The first-order valence-corrected chi connectivity index (χ1v) is 4.42. The molecule has 2 aromatic carbocycles. The van der Waals surface area contributed by atoms with Crippen LogP contribution in [-0.2, 0) is 0 Å². The molecule has 0 aliphatic carbocycles. The summed E-state index contributed by atoms with van der Waals surface area (Å²) < 4.78 is 39.5. The summed E-state index contributed by atoms with van der Waals surface area (Å²) in [5, 5.41) is 12.4. The largest absolute Gasteiger partial charge is 0.870 e. The summed E-state index contributed by atoms with van der Waals surface area (Å²) in [6, 6.07) is 8.83. The number of hydrogen-bond acceptors (Lipinski definition) is 2. The Morgan fingerprint density at radius 1 is 1.00 bits per heavy atom. The predicted molar refractivity (Wildman–Crippen MR) is 50.1 cm³/mol. The standard InChI is InChI=1S/C11H7F3O2/c12-11(13,14)16-9-6-5-7-3-1-2-4-8(7)10(9)15/h1-6,15H/p-1. The molecular formula is C11H6F3O2-. The van der Waals surface area contributed by atoms with Gasteiger partial charge in [-0.25, -0.2) is 0 Å². The molecule has 0 N–H and O–H groups in total. The summed E-state index contributed by atoms with van der Waals surface area (Å²) in [4.78, 5) is 0. The Morgan fingerprint density at radius 3 is 2.38 bits per heavy atom. The molecule has 0 heterocycles. The van der Waals surface area contributed by atoms with E-state index in [1.165, 1.54) is 12.1 Å². The number of halogens is 3. The van der Waals surface area contributed by atoms with Crippen LogP contribution in [0, 0.1) is 0 Å². The van der Waals surface area contributed by atoms with Crippen molar-refractivity contribution in [1.82, 2.24) is 0 Å². The smallest absolute Gasteiger partial charge is 0.573 e. The third-order valence-corrected chi connectivity index (χ3v) is 2.07. The normalized spacial score (nSPS) is 11.7. The molecule has 16 heavy (non-hydrogen) atoms. The molecule has 0 radical (unpaired) electrons. The minimum absolute atomic E-state index is 0.212. The van der Waals surface area contributed by atoms with Gasteiger partial charge in [0.15, 0.2) is 0 Å². The molecule has 2 nitrogen and oxygen atoms in total. The van der Waals surface area contributed by atoms with Gasteiger partial charge in [-0.3, -0.25) is 0 Å². The van der Waals surface area contributed by atoms with Crippen LogP contribution >= 0.6 is 0 Å². The van der Waals surface area contributed by atoms with Crippen molar-refractivity contribution >= 4 is 10.8 Å². The Balaban J connectivity index is 2.53. The second-order valence-corrected chi connectivity index (χ2v) is 3.16. The second kappa shape index (κ2) is 3.59. The lowest BCUT2D eigenvalue weighted by atomic mass is 10.1. The number of ether oxygens (including phenoxy) is 1. The van der Waals surface area contributed by atoms with Gasteiger partial charge in [0.1, 0.15) is 5.75 Å². The average molecular weight is 227 g/mol. The third-order valence-electron chi connectivity index (χ3n) is 2.07. The van der Waals surface area contributed by atoms with Gasteiger partial charge in [0.05, 0.1) is 0 Å². The van der Waals surface area contributed by atoms with Crippen molar-refractivity contribution in [1.29, 1.82) is 0 Å². The maximum Gasteiger partial charge on any atom is 0.573 e. The number of rotatable bonds is 1. The van der Waals surface area contributed by atoms with Crippen LogP contribution in [0.2, 0.25) is 0 Å². The molecule has 0 bridgehead atoms. The van der Waals surface area contributed by atoms with E-state index in [2.05, 4.69) is 4.74 Å². The molecule has 0 amide bonds. The molecule has 0 saturated heterocycles. The van der Waals surface area contributed by atoms with E-state index in [0.29, 0.717) is 5.39 Å². The summed E-state index contributed by atoms with van der Waals surface area (Å²) >= 11 is 0. The first kappa shape index (κ1) is 10.6. The fourth-order valence-corrected chi connectivity index (χ4v) is 1.43. The van der Waals surface area contributed by atoms with Gasteiger partial charge < -0.3 is 9.84 Å². The maximum atomic E-state index is 12.0. The minimum atomic E-state index is -4.85. The van der Waals surface area contributed by atoms with Gasteiger partial charge in [0, 0.05) is 0 Å². The van der Waals surface area contributed by atoms with E-state index >= 15 is 0 Å². The maximum absolute atomic E-state index is 12.0. The van der Waals surface area contributed by atoms with E-state index in [4.69, 9.17) is 0 Å². The molecule has 0 aliphatic heterocycles. The van der Waals surface area contributed by atoms with Crippen LogP contribution < -0.4 is 9.84 Å². The molecule has 5 heteroatoms. The molecule has 0 aliphatic rings. The summed E-state index contributed by atoms with van der Waals surface area (Å²) in [7, 11) is 0. The average Bonchev–Trinajstić information content (AvgIpc) is 2.21. The van der Waals surface area contributed by atoms with Crippen molar-refractivity contribution in [3.8, 4) is 11.5 Å². The Kier molecular flexibility index (Phi) is 2.38. The fourth-order valence-electron chi connectivity index (χ4n) is 1.43. The summed E-state index contributed by atoms with van der Waals surface area (Å²) in [5.74, 6) is -1.46. The van der Waals surface area contributed by atoms with E-state index < -0.39 is 17.9 Å². The Bertz CT molecular complexity index is 520. The SMILES string of the molecule is [O-]c1c(OC(F)(F)F)ccc2ccccc12. The van der Waals surface area contributed by atoms with E-state index in [-0.39, 0.29) is 5.39 Å². The van der Waals surface area contributed by atoms with E-state index in [1.807, 2.05) is 0 Å². The number of fused-ring (bicyclic) bond motifs is 1. The summed E-state index contributed by atoms with van der Waals surface area (Å²) in [5.41, 5.74) is 0. The van der Waals surface area contributed by atoms with Crippen molar-refractivity contribution in [2.75, 3.05) is 0 Å². The highest BCUT2D eigenvalue weighted by atomic mass is 19.4. The van der Waals surface area contributed by atoms with Crippen molar-refractivity contribution in [3.05, 3.63) is 36.4 Å². The Morgan fingerprint density at radius 2 is 1.69 bits per heavy atom. The van der Waals surface area contributed by atoms with E-state index in [9.17, 15) is 18.3 Å². The lowest BCUT2D eigenvalue weighted by Crippen LogP contribution is -2.18. The van der Waals surface area contributed by atoms with Gasteiger partial charge >= 0.3 is 6.36 Å². The minimum Gasteiger partial charge on any atom is -0.870 e. The number of hydrogen-bond donors (Lipinski definition) is 0. The quantitative estimate of drug-likeness (QED) is 0.750. The van der Waals surface area contributed by atoms with Gasteiger partial charge in [-0.05, 0) is 16.8 Å². The fraction of sp³-hybridized carbons (Fsp3) is 0.0909. The summed E-state index contributed by atoms with van der Waals surface area (Å²) in [6.07, 6.45) is -4.85. The molecule has 0 saturated carbocycles. The monoisotopic (exact) mass is 227 g/mol. The predicted octanol–water partition coefficient (Wildman–Crippen LogP) is 2.81. The van der Waals surface area contributed by atoms with E-state index in [1.54, 1.807) is 18.2 Å². The second-order valence-electron chi connectivity index (χ2n) is 3.16. The van der Waals surface area contributed by atoms with Crippen LogP contribution in [0.3, 0.4) is 0 Å². The first-order chi connectivity index (χ1) is 7.47. The van der Waals surface area contributed by atoms with Gasteiger partial charge in [-0.1, -0.05) is 36.1 Å². The zero-order chi connectivity index (χ0) is 11.8. The van der Waals surface area contributed by atoms with Gasteiger partial charge in [-0.15, -0.1) is 13.2 Å². The molecule has 0 spiro atoms. The lowest BCUT2D eigenvalue weighted by molar-refractivity contribution is -0.295. The van der Waals surface area contributed by atoms with Crippen molar-refractivity contribution < 1.29 is 23.0 Å². The molecule has 0 aromatic heterocycles. The molecular weight excluding hydrogens is 221 g/mol. The van der Waals surface area contributed by atoms with Crippen LogP contribution in [-0.4, -0.2) is 6.36 Å². The van der Waals surface area contributed by atoms with Crippen LogP contribution in [0.15, 0.2) is 36.4 Å². The van der Waals surface area contributed by atoms with Crippen LogP contribution in [0.5, 0.6) is 11.5 Å². The topological polar surface area (TPSA) is 32.3 Å². The lowest BCUT2D eigenvalue weighted by Gasteiger charge is -2.18. The molecule has 2 aromatic rings. The zero-order valence-corrected chi connectivity index (χ0v) is 7.91. The van der Waals surface area contributed by atoms with Crippen LogP contribution in [0.4, 0.5) is 13.2 Å². The molecule has 84 valence electrons. The zero-order valence-electron chi connectivity index (χ0n) is 7.91.